The number of rotatable bonds is 4. The Kier molecular flexibility index (Phi) is 7.56. The molecule has 232 valence electrons. The second-order valence-electron chi connectivity index (χ2n) is 14.8. The first-order chi connectivity index (χ1) is 22.7. The summed E-state index contributed by atoms with van der Waals surface area (Å²) in [5, 5.41) is 10.9. The number of nitrogens with zero attached hydrogens (tertiary/aromatic N) is 2. The van der Waals surface area contributed by atoms with Gasteiger partial charge in [-0.15, -0.1) is 0 Å². The SMILES string of the molecule is N#Cc1ccc(-c2ccc(-c3cccc(-c4cccc(C5CCC6C(C5)C5CCCC7SC8CCCCC8N6C75)c4)c3)cc2)cc1. The topological polar surface area (TPSA) is 27.0 Å². The fourth-order valence-corrected chi connectivity index (χ4v) is 12.5. The van der Waals surface area contributed by atoms with E-state index in [4.69, 9.17) is 5.26 Å². The van der Waals surface area contributed by atoms with Crippen LogP contribution in [0.3, 0.4) is 0 Å². The van der Waals surface area contributed by atoms with Gasteiger partial charge in [0.2, 0.25) is 0 Å². The fourth-order valence-electron chi connectivity index (χ4n) is 10.5. The molecule has 3 saturated carbocycles. The Morgan fingerprint density at radius 1 is 0.565 bits per heavy atom. The van der Waals surface area contributed by atoms with Gasteiger partial charge in [-0.25, -0.2) is 0 Å². The lowest BCUT2D eigenvalue weighted by Crippen LogP contribution is -2.59. The van der Waals surface area contributed by atoms with E-state index in [1.165, 1.54) is 92.0 Å². The van der Waals surface area contributed by atoms with Crippen LogP contribution in [0.2, 0.25) is 0 Å². The van der Waals surface area contributed by atoms with Crippen LogP contribution in [-0.4, -0.2) is 33.5 Å². The Morgan fingerprint density at radius 3 is 2.00 bits per heavy atom. The molecular formula is C43H44N2S. The Labute approximate surface area is 279 Å². The molecule has 8 unspecified atom stereocenters. The number of benzene rings is 4. The van der Waals surface area contributed by atoms with E-state index in [0.717, 1.165) is 46.0 Å². The third-order valence-corrected chi connectivity index (χ3v) is 14.3. The first-order valence-corrected chi connectivity index (χ1v) is 18.9. The first kappa shape index (κ1) is 28.9. The van der Waals surface area contributed by atoms with Crippen LogP contribution in [0.1, 0.15) is 81.3 Å². The third-order valence-electron chi connectivity index (χ3n) is 12.5. The van der Waals surface area contributed by atoms with Gasteiger partial charge in [0, 0.05) is 28.6 Å². The van der Waals surface area contributed by atoms with Gasteiger partial charge in [-0.2, -0.15) is 17.0 Å². The van der Waals surface area contributed by atoms with Crippen LogP contribution in [0.5, 0.6) is 0 Å². The Balaban J connectivity index is 0.944. The largest absolute Gasteiger partial charge is 0.292 e. The molecule has 8 atom stereocenters. The maximum absolute atomic E-state index is 9.13. The second kappa shape index (κ2) is 12.0. The smallest absolute Gasteiger partial charge is 0.0991 e. The van der Waals surface area contributed by atoms with Gasteiger partial charge in [-0.1, -0.05) is 98.1 Å². The number of fused-ring (bicyclic) bond motifs is 5. The van der Waals surface area contributed by atoms with E-state index in [-0.39, 0.29) is 0 Å². The molecule has 2 aliphatic heterocycles. The summed E-state index contributed by atoms with van der Waals surface area (Å²) >= 11 is 2.44. The Hall–Kier alpha value is -3.32. The molecule has 5 aliphatic rings. The van der Waals surface area contributed by atoms with Crippen LogP contribution in [0, 0.1) is 23.2 Å². The molecule has 0 N–H and O–H groups in total. The molecule has 4 aromatic rings. The predicted molar refractivity (Wildman–Crippen MR) is 192 cm³/mol. The lowest BCUT2D eigenvalue weighted by molar-refractivity contribution is 0.0606. The summed E-state index contributed by atoms with van der Waals surface area (Å²) in [4.78, 5) is 3.19. The maximum atomic E-state index is 9.13. The van der Waals surface area contributed by atoms with Gasteiger partial charge in [-0.05, 0) is 120 Å². The van der Waals surface area contributed by atoms with Crippen molar-refractivity contribution in [2.24, 2.45) is 11.8 Å². The standard InChI is InChI=1S/C43H44N2S/c44-27-28-14-16-29(17-15-28)30-18-20-31(21-19-30)32-6-3-7-33(24-32)34-8-4-9-35(25-34)36-22-23-39-38(26-36)37-10-5-13-42-43(37)45(39)40-11-1-2-12-41(40)46-42/h3-4,6-9,14-21,24-25,36-43H,1-2,5,10-13,22-23,26H2. The molecule has 9 rings (SSSR count). The highest BCUT2D eigenvalue weighted by Gasteiger charge is 2.59. The monoisotopic (exact) mass is 620 g/mol. The van der Waals surface area contributed by atoms with Gasteiger partial charge in [0.25, 0.3) is 0 Å². The summed E-state index contributed by atoms with van der Waals surface area (Å²) < 4.78 is 0. The number of hydrogen-bond acceptors (Lipinski definition) is 3. The van der Waals surface area contributed by atoms with Crippen molar-refractivity contribution in [3.8, 4) is 39.4 Å². The molecular weight excluding hydrogens is 577 g/mol. The minimum atomic E-state index is 0.690. The second-order valence-corrected chi connectivity index (χ2v) is 16.3. The van der Waals surface area contributed by atoms with Crippen LogP contribution >= 0.6 is 11.8 Å². The average Bonchev–Trinajstić information content (AvgIpc) is 3.47. The molecule has 4 aromatic carbocycles. The van der Waals surface area contributed by atoms with E-state index in [1.54, 1.807) is 5.56 Å². The summed E-state index contributed by atoms with van der Waals surface area (Å²) in [6, 6.07) is 40.1. The number of thioether (sulfide) groups is 1. The van der Waals surface area contributed by atoms with Crippen molar-refractivity contribution in [3.05, 3.63) is 108 Å². The summed E-state index contributed by atoms with van der Waals surface area (Å²) in [5.74, 6) is 2.52. The molecule has 0 amide bonds. The molecule has 2 heterocycles. The summed E-state index contributed by atoms with van der Waals surface area (Å²) in [6.45, 7) is 0. The number of hydrogen-bond donors (Lipinski definition) is 0. The molecule has 3 aliphatic carbocycles. The molecule has 0 spiro atoms. The van der Waals surface area contributed by atoms with Gasteiger partial charge < -0.3 is 0 Å². The van der Waals surface area contributed by atoms with E-state index in [9.17, 15) is 0 Å². The maximum Gasteiger partial charge on any atom is 0.0991 e. The van der Waals surface area contributed by atoms with E-state index in [1.807, 2.05) is 24.3 Å². The molecule has 3 heteroatoms. The summed E-state index contributed by atoms with van der Waals surface area (Å²) in [7, 11) is 0. The summed E-state index contributed by atoms with van der Waals surface area (Å²) in [6.07, 6.45) is 14.4. The van der Waals surface area contributed by atoms with Crippen molar-refractivity contribution in [2.75, 3.05) is 0 Å². The van der Waals surface area contributed by atoms with Gasteiger partial charge in [0.1, 0.15) is 0 Å². The quantitative estimate of drug-likeness (QED) is 0.227. The minimum Gasteiger partial charge on any atom is -0.292 e. The molecule has 0 radical (unpaired) electrons. The van der Waals surface area contributed by atoms with Crippen LogP contribution < -0.4 is 0 Å². The zero-order chi connectivity index (χ0) is 30.6. The van der Waals surface area contributed by atoms with E-state index in [2.05, 4.69) is 95.5 Å². The normalized spacial score (nSPS) is 31.7. The highest BCUT2D eigenvalue weighted by Crippen LogP contribution is 2.59. The van der Waals surface area contributed by atoms with Gasteiger partial charge in [-0.3, -0.25) is 4.90 Å². The fraction of sp³-hybridized carbons (Fsp3) is 0.419. The highest BCUT2D eigenvalue weighted by molar-refractivity contribution is 8.00. The van der Waals surface area contributed by atoms with Crippen molar-refractivity contribution < 1.29 is 0 Å². The zero-order valence-electron chi connectivity index (χ0n) is 26.7. The Bertz CT molecular complexity index is 1750. The van der Waals surface area contributed by atoms with E-state index >= 15 is 0 Å². The number of nitriles is 1. The van der Waals surface area contributed by atoms with Crippen molar-refractivity contribution in [1.29, 1.82) is 5.26 Å². The lowest BCUT2D eigenvalue weighted by atomic mass is 9.69. The molecule has 0 aromatic heterocycles. The predicted octanol–water partition coefficient (Wildman–Crippen LogP) is 10.7. The van der Waals surface area contributed by atoms with Gasteiger partial charge in [0.15, 0.2) is 0 Å². The Morgan fingerprint density at radius 2 is 1.22 bits per heavy atom. The van der Waals surface area contributed by atoms with Gasteiger partial charge >= 0.3 is 0 Å². The average molecular weight is 621 g/mol. The zero-order valence-corrected chi connectivity index (χ0v) is 27.5. The third kappa shape index (κ3) is 5.04. The van der Waals surface area contributed by atoms with Crippen molar-refractivity contribution in [1.82, 2.24) is 4.90 Å². The molecule has 2 saturated heterocycles. The molecule has 46 heavy (non-hydrogen) atoms. The van der Waals surface area contributed by atoms with E-state index in [0.29, 0.717) is 11.5 Å². The van der Waals surface area contributed by atoms with Crippen LogP contribution in [-0.2, 0) is 0 Å². The summed E-state index contributed by atoms with van der Waals surface area (Å²) in [5.41, 5.74) is 9.71. The van der Waals surface area contributed by atoms with Crippen molar-refractivity contribution >= 4 is 11.8 Å². The molecule has 2 nitrogen and oxygen atoms in total. The van der Waals surface area contributed by atoms with Crippen LogP contribution in [0.25, 0.3) is 33.4 Å². The molecule has 0 bridgehead atoms. The lowest BCUT2D eigenvalue weighted by Gasteiger charge is -2.53. The molecule has 5 fully saturated rings. The van der Waals surface area contributed by atoms with Crippen LogP contribution in [0.15, 0.2) is 97.1 Å². The first-order valence-electron chi connectivity index (χ1n) is 18.0. The van der Waals surface area contributed by atoms with E-state index < -0.39 is 0 Å². The van der Waals surface area contributed by atoms with Crippen molar-refractivity contribution in [2.45, 2.75) is 98.8 Å². The van der Waals surface area contributed by atoms with Crippen molar-refractivity contribution in [3.63, 3.8) is 0 Å². The highest BCUT2D eigenvalue weighted by atomic mass is 32.2. The van der Waals surface area contributed by atoms with Crippen LogP contribution in [0.4, 0.5) is 0 Å². The van der Waals surface area contributed by atoms with Gasteiger partial charge in [0.05, 0.1) is 11.6 Å². The minimum absolute atomic E-state index is 0.690.